The van der Waals surface area contributed by atoms with Crippen molar-refractivity contribution in [3.8, 4) is 0 Å². The lowest BCUT2D eigenvalue weighted by atomic mass is 9.69. The standard InChI is InChI=1S/C27H27NO7/c1-26(2,3)35-25(32)28-19-14-10-9-13-18(19)27(24(28)31)15-17(22(29)33-4)20(21(27)23(30)34-5)16-11-7-6-8-12-16/h6-15,20-21H,1-5H3/t20-,21-,27-/m1/s1. The van der Waals surface area contributed by atoms with E-state index >= 15 is 0 Å². The van der Waals surface area contributed by atoms with E-state index in [0.717, 1.165) is 4.90 Å². The molecule has 4 rings (SSSR count). The average Bonchev–Trinajstić information content (AvgIpc) is 3.31. The lowest BCUT2D eigenvalue weighted by Gasteiger charge is -2.31. The van der Waals surface area contributed by atoms with E-state index in [1.54, 1.807) is 69.3 Å². The van der Waals surface area contributed by atoms with Crippen molar-refractivity contribution in [3.63, 3.8) is 0 Å². The van der Waals surface area contributed by atoms with Crippen LogP contribution in [0.1, 0.15) is 37.8 Å². The number of imide groups is 1. The molecule has 8 heteroatoms. The Morgan fingerprint density at radius 1 is 0.914 bits per heavy atom. The predicted octanol–water partition coefficient (Wildman–Crippen LogP) is 3.89. The molecule has 182 valence electrons. The normalized spacial score (nSPS) is 23.1. The number of hydrogen-bond acceptors (Lipinski definition) is 7. The maximum atomic E-state index is 14.2. The first-order chi connectivity index (χ1) is 16.6. The van der Waals surface area contributed by atoms with E-state index in [1.165, 1.54) is 20.3 Å². The van der Waals surface area contributed by atoms with Gasteiger partial charge in [0.2, 0.25) is 0 Å². The van der Waals surface area contributed by atoms with E-state index in [-0.39, 0.29) is 11.3 Å². The fourth-order valence-electron chi connectivity index (χ4n) is 5.01. The highest BCUT2D eigenvalue weighted by atomic mass is 16.6. The van der Waals surface area contributed by atoms with E-state index in [1.807, 2.05) is 6.07 Å². The molecule has 1 aliphatic carbocycles. The molecule has 2 aliphatic rings. The molecule has 1 spiro atoms. The van der Waals surface area contributed by atoms with Gasteiger partial charge in [0.15, 0.2) is 0 Å². The third kappa shape index (κ3) is 3.79. The summed E-state index contributed by atoms with van der Waals surface area (Å²) in [5, 5.41) is 0. The highest BCUT2D eigenvalue weighted by Gasteiger charge is 2.65. The van der Waals surface area contributed by atoms with Crippen LogP contribution in [0.2, 0.25) is 0 Å². The fraction of sp³-hybridized carbons (Fsp3) is 0.333. The largest absolute Gasteiger partial charge is 0.469 e. The topological polar surface area (TPSA) is 99.2 Å². The molecule has 0 unspecified atom stereocenters. The first-order valence-corrected chi connectivity index (χ1v) is 11.2. The average molecular weight is 478 g/mol. The van der Waals surface area contributed by atoms with Gasteiger partial charge in [-0.2, -0.15) is 0 Å². The quantitative estimate of drug-likeness (QED) is 0.488. The van der Waals surface area contributed by atoms with Gasteiger partial charge in [0, 0.05) is 11.5 Å². The second-order valence-electron chi connectivity index (χ2n) is 9.49. The number of carbonyl (C=O) groups excluding carboxylic acids is 4. The molecule has 2 aromatic rings. The smallest absolute Gasteiger partial charge is 0.421 e. The third-order valence-electron chi connectivity index (χ3n) is 6.30. The number of ether oxygens (including phenoxy) is 3. The molecule has 8 nitrogen and oxygen atoms in total. The zero-order valence-corrected chi connectivity index (χ0v) is 20.2. The van der Waals surface area contributed by atoms with Crippen molar-refractivity contribution in [2.75, 3.05) is 19.1 Å². The van der Waals surface area contributed by atoms with Crippen LogP contribution in [0.4, 0.5) is 10.5 Å². The Balaban J connectivity index is 1.99. The first kappa shape index (κ1) is 24.2. The molecule has 2 aromatic carbocycles. The number of esters is 2. The summed E-state index contributed by atoms with van der Waals surface area (Å²) in [4.78, 5) is 54.7. The Morgan fingerprint density at radius 3 is 2.14 bits per heavy atom. The van der Waals surface area contributed by atoms with Gasteiger partial charge in [-0.25, -0.2) is 14.5 Å². The number of anilines is 1. The van der Waals surface area contributed by atoms with Gasteiger partial charge in [-0.1, -0.05) is 54.6 Å². The Labute approximate surface area is 203 Å². The van der Waals surface area contributed by atoms with Crippen molar-refractivity contribution in [1.29, 1.82) is 0 Å². The number of rotatable bonds is 3. The van der Waals surface area contributed by atoms with Crippen molar-refractivity contribution >= 4 is 29.6 Å². The predicted molar refractivity (Wildman–Crippen MR) is 127 cm³/mol. The molecule has 0 radical (unpaired) electrons. The Bertz CT molecular complexity index is 1230. The summed E-state index contributed by atoms with van der Waals surface area (Å²) in [6.07, 6.45) is 0.593. The molecular formula is C27H27NO7. The number of fused-ring (bicyclic) bond motifs is 2. The molecule has 0 N–H and O–H groups in total. The van der Waals surface area contributed by atoms with Gasteiger partial charge >= 0.3 is 18.0 Å². The van der Waals surface area contributed by atoms with Gasteiger partial charge < -0.3 is 14.2 Å². The van der Waals surface area contributed by atoms with Crippen molar-refractivity contribution in [2.24, 2.45) is 5.92 Å². The number of benzene rings is 2. The van der Waals surface area contributed by atoms with Crippen molar-refractivity contribution < 1.29 is 33.4 Å². The Morgan fingerprint density at radius 2 is 1.54 bits per heavy atom. The molecule has 0 saturated carbocycles. The zero-order valence-electron chi connectivity index (χ0n) is 20.2. The third-order valence-corrected chi connectivity index (χ3v) is 6.30. The lowest BCUT2D eigenvalue weighted by molar-refractivity contribution is -0.150. The van der Waals surface area contributed by atoms with Crippen LogP contribution in [0, 0.1) is 5.92 Å². The SMILES string of the molecule is COC(=O)C1=C[C@]2(C(=O)N(C(=O)OC(C)(C)C)c3ccccc32)[C@@H](C(=O)OC)[C@@H]1c1ccccc1. The maximum absolute atomic E-state index is 14.2. The van der Waals surface area contributed by atoms with E-state index in [0.29, 0.717) is 11.1 Å². The van der Waals surface area contributed by atoms with Crippen molar-refractivity contribution in [1.82, 2.24) is 0 Å². The highest BCUT2D eigenvalue weighted by molar-refractivity contribution is 6.24. The monoisotopic (exact) mass is 477 g/mol. The van der Waals surface area contributed by atoms with Crippen LogP contribution in [-0.4, -0.2) is 43.8 Å². The Hall–Kier alpha value is -3.94. The molecule has 0 fully saturated rings. The number of carbonyl (C=O) groups is 4. The summed E-state index contributed by atoms with van der Waals surface area (Å²) in [5.41, 5.74) is -1.06. The van der Waals surface area contributed by atoms with E-state index < -0.39 is 46.8 Å². The van der Waals surface area contributed by atoms with Gasteiger partial charge in [0.25, 0.3) is 5.91 Å². The summed E-state index contributed by atoms with van der Waals surface area (Å²) in [6, 6.07) is 15.6. The second kappa shape index (κ2) is 8.69. The minimum absolute atomic E-state index is 0.142. The van der Waals surface area contributed by atoms with Gasteiger partial charge in [0.05, 0.1) is 25.8 Å². The highest BCUT2D eigenvalue weighted by Crippen LogP contribution is 2.58. The van der Waals surface area contributed by atoms with Crippen LogP contribution >= 0.6 is 0 Å². The minimum atomic E-state index is -1.68. The molecular weight excluding hydrogens is 450 g/mol. The zero-order chi connectivity index (χ0) is 25.5. The molecule has 35 heavy (non-hydrogen) atoms. The molecule has 3 atom stereocenters. The van der Waals surface area contributed by atoms with Crippen molar-refractivity contribution in [3.05, 3.63) is 77.4 Å². The van der Waals surface area contributed by atoms with E-state index in [2.05, 4.69) is 0 Å². The van der Waals surface area contributed by atoms with Gasteiger partial charge in [-0.3, -0.25) is 9.59 Å². The first-order valence-electron chi connectivity index (χ1n) is 11.2. The maximum Gasteiger partial charge on any atom is 0.421 e. The van der Waals surface area contributed by atoms with Crippen LogP contribution in [0.25, 0.3) is 0 Å². The van der Waals surface area contributed by atoms with Crippen LogP contribution in [0.15, 0.2) is 66.2 Å². The summed E-state index contributed by atoms with van der Waals surface area (Å²) in [7, 11) is 2.46. The van der Waals surface area contributed by atoms with E-state index in [9.17, 15) is 19.2 Å². The molecule has 0 saturated heterocycles. The summed E-state index contributed by atoms with van der Waals surface area (Å²) in [6.45, 7) is 5.09. The van der Waals surface area contributed by atoms with Gasteiger partial charge in [0.1, 0.15) is 11.0 Å². The van der Waals surface area contributed by atoms with E-state index in [4.69, 9.17) is 14.2 Å². The molecule has 0 aromatic heterocycles. The summed E-state index contributed by atoms with van der Waals surface area (Å²) in [5.74, 6) is -4.06. The molecule has 1 heterocycles. The molecule has 0 bridgehead atoms. The summed E-state index contributed by atoms with van der Waals surface area (Å²) < 4.78 is 15.7. The number of para-hydroxylation sites is 1. The van der Waals surface area contributed by atoms with Crippen LogP contribution in [0.3, 0.4) is 0 Å². The number of amides is 2. The minimum Gasteiger partial charge on any atom is -0.469 e. The van der Waals surface area contributed by atoms with Crippen molar-refractivity contribution in [2.45, 2.75) is 37.7 Å². The fourth-order valence-corrected chi connectivity index (χ4v) is 5.01. The van der Waals surface area contributed by atoms with Gasteiger partial charge in [-0.05, 0) is 38.0 Å². The number of hydrogen-bond donors (Lipinski definition) is 0. The van der Waals surface area contributed by atoms with Crippen LogP contribution in [-0.2, 0) is 34.0 Å². The molecule has 2 amide bonds. The molecule has 1 aliphatic heterocycles. The second-order valence-corrected chi connectivity index (χ2v) is 9.49. The summed E-state index contributed by atoms with van der Waals surface area (Å²) >= 11 is 0. The number of methoxy groups -OCH3 is 2. The van der Waals surface area contributed by atoms with Crippen LogP contribution in [0.5, 0.6) is 0 Å². The van der Waals surface area contributed by atoms with Gasteiger partial charge in [-0.15, -0.1) is 0 Å². The van der Waals surface area contributed by atoms with Crippen LogP contribution < -0.4 is 4.90 Å². The lowest BCUT2D eigenvalue weighted by Crippen LogP contribution is -2.49. The Kier molecular flexibility index (Phi) is 6.00. The number of nitrogens with zero attached hydrogens (tertiary/aromatic N) is 1.